The summed E-state index contributed by atoms with van der Waals surface area (Å²) in [6.45, 7) is 1.80. The van der Waals surface area contributed by atoms with Crippen LogP contribution < -0.4 is 14.4 Å². The van der Waals surface area contributed by atoms with E-state index in [9.17, 15) is 13.2 Å². The Morgan fingerprint density at radius 3 is 2.55 bits per heavy atom. The van der Waals surface area contributed by atoms with Crippen LogP contribution in [0.4, 0.5) is 11.4 Å². The number of thiophene rings is 1. The fourth-order valence-electron chi connectivity index (χ4n) is 3.41. The number of hydrogen-bond acceptors (Lipinski definition) is 5. The Hall–Kier alpha value is -2.88. The normalized spacial score (nSPS) is 11.4. The SMILES string of the molecule is COc1ccc(S(=O)(=O)N(C)c2ccc3sc(C(=O)Nc4cccc(Br)c4)cc3c2)cc1C. The van der Waals surface area contributed by atoms with Gasteiger partial charge < -0.3 is 10.1 Å². The van der Waals surface area contributed by atoms with Gasteiger partial charge in [0.05, 0.1) is 22.6 Å². The highest BCUT2D eigenvalue weighted by atomic mass is 79.9. The van der Waals surface area contributed by atoms with Crippen molar-refractivity contribution in [3.8, 4) is 5.75 Å². The van der Waals surface area contributed by atoms with E-state index in [2.05, 4.69) is 21.2 Å². The molecule has 1 aromatic heterocycles. The fourth-order valence-corrected chi connectivity index (χ4v) is 6.02. The molecular weight excluding hydrogens is 524 g/mol. The van der Waals surface area contributed by atoms with Gasteiger partial charge in [-0.1, -0.05) is 22.0 Å². The van der Waals surface area contributed by atoms with Crippen molar-refractivity contribution < 1.29 is 17.9 Å². The second-order valence-electron chi connectivity index (χ2n) is 7.40. The van der Waals surface area contributed by atoms with Crippen molar-refractivity contribution in [2.24, 2.45) is 0 Å². The van der Waals surface area contributed by atoms with E-state index in [1.54, 1.807) is 44.4 Å². The Bertz CT molecular complexity index is 1460. The predicted molar refractivity (Wildman–Crippen MR) is 137 cm³/mol. The van der Waals surface area contributed by atoms with Crippen molar-refractivity contribution >= 4 is 64.7 Å². The summed E-state index contributed by atoms with van der Waals surface area (Å²) in [6, 6.07) is 19.3. The largest absolute Gasteiger partial charge is 0.496 e. The minimum absolute atomic E-state index is 0.183. The zero-order chi connectivity index (χ0) is 23.8. The highest BCUT2D eigenvalue weighted by Gasteiger charge is 2.23. The number of hydrogen-bond donors (Lipinski definition) is 1. The smallest absolute Gasteiger partial charge is 0.265 e. The quantitative estimate of drug-likeness (QED) is 0.320. The molecule has 3 aromatic carbocycles. The lowest BCUT2D eigenvalue weighted by molar-refractivity contribution is 0.103. The number of benzene rings is 3. The van der Waals surface area contributed by atoms with Crippen LogP contribution in [0.15, 0.2) is 76.1 Å². The summed E-state index contributed by atoms with van der Waals surface area (Å²) in [6.07, 6.45) is 0. The number of halogens is 1. The third-order valence-electron chi connectivity index (χ3n) is 5.19. The monoisotopic (exact) mass is 544 g/mol. The number of nitrogens with one attached hydrogen (secondary N) is 1. The van der Waals surface area contributed by atoms with E-state index in [0.29, 0.717) is 22.0 Å². The van der Waals surface area contributed by atoms with Crippen LogP contribution in [0.25, 0.3) is 10.1 Å². The number of anilines is 2. The minimum atomic E-state index is -3.77. The van der Waals surface area contributed by atoms with Crippen LogP contribution in [0, 0.1) is 6.92 Å². The van der Waals surface area contributed by atoms with E-state index in [0.717, 1.165) is 20.1 Å². The molecule has 4 rings (SSSR count). The highest BCUT2D eigenvalue weighted by Crippen LogP contribution is 2.32. The molecule has 0 bridgehead atoms. The third kappa shape index (κ3) is 4.75. The number of ether oxygens (including phenoxy) is 1. The van der Waals surface area contributed by atoms with E-state index < -0.39 is 10.0 Å². The summed E-state index contributed by atoms with van der Waals surface area (Å²) in [5, 5.41) is 3.68. The highest BCUT2D eigenvalue weighted by molar-refractivity contribution is 9.10. The maximum absolute atomic E-state index is 13.2. The lowest BCUT2D eigenvalue weighted by atomic mass is 10.2. The number of nitrogens with zero attached hydrogens (tertiary/aromatic N) is 1. The van der Waals surface area contributed by atoms with Crippen molar-refractivity contribution in [3.05, 3.63) is 81.6 Å². The van der Waals surface area contributed by atoms with Crippen LogP contribution in [0.1, 0.15) is 15.2 Å². The molecule has 0 saturated carbocycles. The van der Waals surface area contributed by atoms with Crippen LogP contribution in [0.2, 0.25) is 0 Å². The number of carbonyl (C=O) groups is 1. The summed E-state index contributed by atoms with van der Waals surface area (Å²) in [7, 11) is -0.700. The molecule has 0 spiro atoms. The second-order valence-corrected chi connectivity index (χ2v) is 11.4. The van der Waals surface area contributed by atoms with Gasteiger partial charge in [-0.2, -0.15) is 0 Å². The van der Waals surface area contributed by atoms with Crippen LogP contribution in [-0.4, -0.2) is 28.5 Å². The number of aryl methyl sites for hydroxylation is 1. The molecule has 0 atom stereocenters. The fraction of sp³-hybridized carbons (Fsp3) is 0.125. The molecule has 9 heteroatoms. The van der Waals surface area contributed by atoms with Crippen LogP contribution in [-0.2, 0) is 10.0 Å². The Labute approximate surface area is 205 Å². The summed E-state index contributed by atoms with van der Waals surface area (Å²) < 4.78 is 34.6. The predicted octanol–water partition coefficient (Wildman–Crippen LogP) is 6.06. The van der Waals surface area contributed by atoms with Crippen molar-refractivity contribution in [2.75, 3.05) is 23.8 Å². The summed E-state index contributed by atoms with van der Waals surface area (Å²) >= 11 is 4.75. The Morgan fingerprint density at radius 2 is 1.85 bits per heavy atom. The first-order valence-corrected chi connectivity index (χ1v) is 13.0. The molecule has 0 aliphatic carbocycles. The molecule has 0 saturated heterocycles. The first kappa shape index (κ1) is 23.3. The van der Waals surface area contributed by atoms with Gasteiger partial charge in [-0.15, -0.1) is 11.3 Å². The standard InChI is InChI=1S/C24H21BrN2O4S2/c1-15-11-20(8-9-21(15)31-3)33(29,30)27(2)19-7-10-22-16(12-19)13-23(32-22)24(28)26-18-6-4-5-17(25)14-18/h4-14H,1-3H3,(H,26,28). The molecule has 1 N–H and O–H groups in total. The third-order valence-corrected chi connectivity index (χ3v) is 8.58. The van der Waals surface area contributed by atoms with Crippen LogP contribution >= 0.6 is 27.3 Å². The van der Waals surface area contributed by atoms with E-state index in [1.807, 2.05) is 30.3 Å². The van der Waals surface area contributed by atoms with Crippen molar-refractivity contribution in [3.63, 3.8) is 0 Å². The average Bonchev–Trinajstić information content (AvgIpc) is 3.22. The van der Waals surface area contributed by atoms with Gasteiger partial charge in [0.15, 0.2) is 0 Å². The topological polar surface area (TPSA) is 75.7 Å². The van der Waals surface area contributed by atoms with Crippen LogP contribution in [0.3, 0.4) is 0 Å². The average molecular weight is 545 g/mol. The number of fused-ring (bicyclic) bond motifs is 1. The van der Waals surface area contributed by atoms with Gasteiger partial charge in [0, 0.05) is 21.9 Å². The second kappa shape index (κ2) is 9.17. The van der Waals surface area contributed by atoms with Gasteiger partial charge in [-0.3, -0.25) is 9.10 Å². The van der Waals surface area contributed by atoms with Gasteiger partial charge in [-0.05, 0) is 78.5 Å². The summed E-state index contributed by atoms with van der Waals surface area (Å²) in [5.74, 6) is 0.412. The van der Waals surface area contributed by atoms with Crippen molar-refractivity contribution in [2.45, 2.75) is 11.8 Å². The molecule has 0 radical (unpaired) electrons. The van der Waals surface area contributed by atoms with E-state index in [-0.39, 0.29) is 10.8 Å². The molecule has 170 valence electrons. The molecule has 0 unspecified atom stereocenters. The molecule has 4 aromatic rings. The Kier molecular flexibility index (Phi) is 6.47. The van der Waals surface area contributed by atoms with E-state index >= 15 is 0 Å². The lowest BCUT2D eigenvalue weighted by Crippen LogP contribution is -2.26. The van der Waals surface area contributed by atoms with Crippen molar-refractivity contribution in [1.82, 2.24) is 0 Å². The van der Waals surface area contributed by atoms with Gasteiger partial charge in [0.25, 0.3) is 15.9 Å². The number of sulfonamides is 1. The van der Waals surface area contributed by atoms with E-state index in [4.69, 9.17) is 4.74 Å². The molecule has 1 amide bonds. The summed E-state index contributed by atoms with van der Waals surface area (Å²) in [4.78, 5) is 13.4. The molecule has 0 aliphatic heterocycles. The Morgan fingerprint density at radius 1 is 1.06 bits per heavy atom. The first-order valence-electron chi connectivity index (χ1n) is 9.93. The van der Waals surface area contributed by atoms with Gasteiger partial charge in [0.1, 0.15) is 5.75 Å². The minimum Gasteiger partial charge on any atom is -0.496 e. The zero-order valence-electron chi connectivity index (χ0n) is 18.1. The molecular formula is C24H21BrN2O4S2. The molecule has 1 heterocycles. The van der Waals surface area contributed by atoms with Crippen molar-refractivity contribution in [1.29, 1.82) is 0 Å². The molecule has 6 nitrogen and oxygen atoms in total. The number of carbonyl (C=O) groups excluding carboxylic acids is 1. The number of rotatable bonds is 6. The summed E-state index contributed by atoms with van der Waals surface area (Å²) in [5.41, 5.74) is 1.93. The van der Waals surface area contributed by atoms with Gasteiger partial charge >= 0.3 is 0 Å². The first-order chi connectivity index (χ1) is 15.7. The maximum atomic E-state index is 13.2. The number of methoxy groups -OCH3 is 1. The molecule has 0 fully saturated rings. The van der Waals surface area contributed by atoms with E-state index in [1.165, 1.54) is 28.8 Å². The van der Waals surface area contributed by atoms with Gasteiger partial charge in [0.2, 0.25) is 0 Å². The van der Waals surface area contributed by atoms with Gasteiger partial charge in [-0.25, -0.2) is 8.42 Å². The zero-order valence-corrected chi connectivity index (χ0v) is 21.3. The van der Waals surface area contributed by atoms with Crippen LogP contribution in [0.5, 0.6) is 5.75 Å². The Balaban J connectivity index is 1.61. The molecule has 33 heavy (non-hydrogen) atoms. The maximum Gasteiger partial charge on any atom is 0.265 e. The molecule has 0 aliphatic rings. The lowest BCUT2D eigenvalue weighted by Gasteiger charge is -2.20. The number of amides is 1.